The number of fused-ring (bicyclic) bond motifs is 6. The maximum atomic E-state index is 15.3. The molecule has 13 N–H and O–H groups in total. The fraction of sp³-hybridized carbons (Fsp3) is 0.419. The number of halogens is 2. The summed E-state index contributed by atoms with van der Waals surface area (Å²) in [7, 11) is -2.09. The molecule has 1 fully saturated rings. The lowest BCUT2D eigenvalue weighted by atomic mass is 10.0. The Morgan fingerprint density at radius 2 is 1.41 bits per heavy atom. The van der Waals surface area contributed by atoms with Gasteiger partial charge in [-0.2, -0.15) is 4.36 Å². The normalized spacial score (nSPS) is 15.5. The monoisotopic (exact) mass is 1580 g/mol. The number of likely N-dealkylation sites (tertiary alicyclic amines) is 1. The number of nitrogens with two attached hydrogens (primary N) is 1. The standard InChI is InChI=1S/C74H96F2N18O15S2/c1-9-25-78-72(102)84-52-14-11-16-56(39-52)111(106,107)89-53-15-10-13-48(36-53)59(41-65(97)98)86-74(104)83-51-21-19-50(20-22-51)82-73(103)79-26-28-91(5)29-30-92(6)31-32-93(7)43-64(96)85-60(40-63(77)95)70(101)94-27-12-17-61(94)68(99)87-66(45(2)3)69(100)90-110(8,105)44-47-34-54-38-55(35-47)109-46(4)24-33-108-62-37-49(75)18-23-57(62)67-58(76)42-80-71(81-54)88-67/h10-11,13-16,18-23,34-39,42,45-46,59-61,66,89H,9,12,17,24-33,40-41,43-44H2,1-8H3,(H2,77,95)(H,85,96)(H,87,99)(H,97,98)(H2,78,84,102)(H2,79,82,103)(H,80,81,88)(H2,83,86,104). The number of aliphatic carboxylic acids is 1. The fourth-order valence-electron chi connectivity index (χ4n) is 11.9. The number of ether oxygens (including phenoxy) is 2. The van der Waals surface area contributed by atoms with Crippen molar-refractivity contribution in [2.24, 2.45) is 16.0 Å². The van der Waals surface area contributed by atoms with Crippen LogP contribution in [0.15, 0.2) is 125 Å². The summed E-state index contributed by atoms with van der Waals surface area (Å²) in [4.78, 5) is 134. The van der Waals surface area contributed by atoms with Crippen LogP contribution in [0, 0.1) is 17.6 Å². The van der Waals surface area contributed by atoms with Gasteiger partial charge in [0.25, 0.3) is 15.9 Å². The fourth-order valence-corrected chi connectivity index (χ4v) is 14.3. The summed E-state index contributed by atoms with van der Waals surface area (Å²) in [5.74, 6) is -6.87. The summed E-state index contributed by atoms with van der Waals surface area (Å²) in [6, 6.07) is 19.5. The van der Waals surface area contributed by atoms with Gasteiger partial charge in [0.2, 0.25) is 29.6 Å². The number of amides is 11. The molecule has 6 atom stereocenters. The Morgan fingerprint density at radius 3 is 2.09 bits per heavy atom. The molecule has 5 aromatic carbocycles. The molecule has 0 aliphatic carbocycles. The molecular weight excluding hydrogens is 1480 g/mol. The van der Waals surface area contributed by atoms with Gasteiger partial charge in [0.15, 0.2) is 5.82 Å². The lowest BCUT2D eigenvalue weighted by molar-refractivity contribution is -0.143. The van der Waals surface area contributed by atoms with Crippen molar-refractivity contribution >= 4 is 108 Å². The molecule has 3 heterocycles. The van der Waals surface area contributed by atoms with E-state index in [4.69, 9.17) is 15.2 Å². The number of hydrogen-bond acceptors (Lipinski definition) is 20. The van der Waals surface area contributed by atoms with E-state index in [-0.39, 0.29) is 83.2 Å². The molecule has 37 heteroatoms. The summed E-state index contributed by atoms with van der Waals surface area (Å²) >= 11 is 0. The highest BCUT2D eigenvalue weighted by atomic mass is 32.2. The summed E-state index contributed by atoms with van der Waals surface area (Å²) in [5, 5.41) is 34.1. The molecule has 4 bridgehead atoms. The second kappa shape index (κ2) is 40.0. The van der Waals surface area contributed by atoms with E-state index in [0.29, 0.717) is 86.9 Å². The number of urea groups is 3. The Bertz CT molecular complexity index is 4590. The molecule has 6 aromatic rings. The van der Waals surface area contributed by atoms with Crippen molar-refractivity contribution in [2.75, 3.05) is 119 Å². The summed E-state index contributed by atoms with van der Waals surface area (Å²) in [6.45, 7) is 10.4. The Balaban J connectivity index is 0.749. The number of nitrogens with zero attached hydrogens (tertiary/aromatic N) is 7. The quantitative estimate of drug-likeness (QED) is 0.0206. The molecule has 6 unspecified atom stereocenters. The van der Waals surface area contributed by atoms with E-state index >= 15 is 4.39 Å². The SMILES string of the molecule is CCCNC(=O)Nc1cccc(S(=O)(=O)Nc2cccc(C(CC(=O)O)NC(=O)Nc3ccc(NC(=O)NCCN(C)CCN(C)CCN(C)CC(=O)NC(CC(N)=O)C(=O)N4CCCC4C(=O)NC(C(=O)N=S(C)(=O)Cc4cc5cc(c4)OC(C)CCOc4cc(F)ccc4-c4nc(ncc4F)N5)C(C)C)cc3)c2)c1. The molecule has 2 aliphatic rings. The second-order valence-electron chi connectivity index (χ2n) is 27.5. The van der Waals surface area contributed by atoms with Crippen molar-refractivity contribution in [1.29, 1.82) is 0 Å². The molecule has 0 radical (unpaired) electrons. The van der Waals surface area contributed by atoms with Crippen LogP contribution in [0.25, 0.3) is 11.3 Å². The molecule has 11 amide bonds. The third-order valence-corrected chi connectivity index (χ3v) is 20.4. The Kier molecular flexibility index (Phi) is 30.8. The molecule has 0 saturated carbocycles. The topological polar surface area (TPSA) is 441 Å². The van der Waals surface area contributed by atoms with Gasteiger partial charge in [0.1, 0.15) is 41.1 Å². The van der Waals surface area contributed by atoms with Gasteiger partial charge in [-0.3, -0.25) is 38.4 Å². The largest absolute Gasteiger partial charge is 0.493 e. The van der Waals surface area contributed by atoms with Crippen molar-refractivity contribution in [3.05, 3.63) is 138 Å². The summed E-state index contributed by atoms with van der Waals surface area (Å²) < 4.78 is 89.4. The highest BCUT2D eigenvalue weighted by Crippen LogP contribution is 2.34. The number of hydrogen-bond donors (Lipinski definition) is 12. The average Bonchev–Trinajstić information content (AvgIpc) is 1.49. The predicted molar refractivity (Wildman–Crippen MR) is 414 cm³/mol. The lowest BCUT2D eigenvalue weighted by Crippen LogP contribution is -2.57. The van der Waals surface area contributed by atoms with Gasteiger partial charge in [-0.25, -0.2) is 45.8 Å². The van der Waals surface area contributed by atoms with Gasteiger partial charge < -0.3 is 82.9 Å². The first-order valence-electron chi connectivity index (χ1n) is 35.9. The highest BCUT2D eigenvalue weighted by Gasteiger charge is 2.40. The van der Waals surface area contributed by atoms with Crippen molar-refractivity contribution in [2.45, 2.75) is 107 Å². The zero-order valence-electron chi connectivity index (χ0n) is 62.9. The first kappa shape index (κ1) is 85.5. The number of aromatic nitrogens is 2. The number of sulfonamides is 1. The van der Waals surface area contributed by atoms with Gasteiger partial charge in [0.05, 0.1) is 64.7 Å². The maximum Gasteiger partial charge on any atom is 0.319 e. The Morgan fingerprint density at radius 1 is 0.748 bits per heavy atom. The first-order chi connectivity index (χ1) is 52.7. The van der Waals surface area contributed by atoms with E-state index in [2.05, 4.69) is 66.9 Å². The van der Waals surface area contributed by atoms with Gasteiger partial charge in [-0.15, -0.1) is 0 Å². The van der Waals surface area contributed by atoms with Crippen molar-refractivity contribution in [3.8, 4) is 22.8 Å². The van der Waals surface area contributed by atoms with E-state index in [1.165, 1.54) is 77.9 Å². The van der Waals surface area contributed by atoms with E-state index in [0.717, 1.165) is 18.3 Å². The molecular formula is C74H96F2N18O15S2. The van der Waals surface area contributed by atoms with Crippen LogP contribution >= 0.6 is 0 Å². The number of rotatable bonds is 33. The van der Waals surface area contributed by atoms with Crippen LogP contribution in [-0.4, -0.2) is 218 Å². The summed E-state index contributed by atoms with van der Waals surface area (Å²) in [5.41, 5.74) is 7.73. The predicted octanol–water partition coefficient (Wildman–Crippen LogP) is 6.62. The number of primary amides is 1. The number of carboxylic acid groups (broad SMARTS) is 1. The highest BCUT2D eigenvalue weighted by molar-refractivity contribution is 7.93. The molecule has 0 spiro atoms. The number of nitrogens with one attached hydrogen (secondary N) is 10. The van der Waals surface area contributed by atoms with Crippen molar-refractivity contribution < 1.29 is 79.1 Å². The maximum absolute atomic E-state index is 15.3. The third-order valence-electron chi connectivity index (χ3n) is 17.6. The molecule has 8 rings (SSSR count). The van der Waals surface area contributed by atoms with Crippen LogP contribution in [-0.2, 0) is 54.3 Å². The van der Waals surface area contributed by atoms with E-state index in [9.17, 15) is 65.3 Å². The number of carboxylic acids is 1. The molecule has 111 heavy (non-hydrogen) atoms. The average molecular weight is 1580 g/mol. The minimum absolute atomic E-state index is 0.0395. The number of likely N-dealkylation sites (N-methyl/N-ethyl adjacent to an activating group) is 3. The van der Waals surface area contributed by atoms with Crippen LogP contribution in [0.3, 0.4) is 0 Å². The van der Waals surface area contributed by atoms with Gasteiger partial charge in [-0.05, 0) is 143 Å². The van der Waals surface area contributed by atoms with Crippen LogP contribution in [0.1, 0.15) is 83.4 Å². The number of carbonyl (C=O) groups is 9. The number of carbonyl (C=O) groups excluding carboxylic acids is 8. The second-order valence-corrected chi connectivity index (χ2v) is 31.6. The molecule has 1 saturated heterocycles. The van der Waals surface area contributed by atoms with Gasteiger partial charge >= 0.3 is 24.1 Å². The molecule has 598 valence electrons. The van der Waals surface area contributed by atoms with Crippen LogP contribution in [0.5, 0.6) is 11.5 Å². The van der Waals surface area contributed by atoms with E-state index in [1.807, 2.05) is 30.8 Å². The Hall–Kier alpha value is -11.2. The lowest BCUT2D eigenvalue weighted by Gasteiger charge is -2.30. The van der Waals surface area contributed by atoms with Crippen LogP contribution in [0.4, 0.5) is 57.5 Å². The summed E-state index contributed by atoms with van der Waals surface area (Å²) in [6.07, 6.45) is 2.26. The molecule has 33 nitrogen and oxygen atoms in total. The van der Waals surface area contributed by atoms with Crippen LogP contribution < -0.4 is 67.8 Å². The van der Waals surface area contributed by atoms with Crippen molar-refractivity contribution in [1.82, 2.24) is 56.2 Å². The van der Waals surface area contributed by atoms with Gasteiger partial charge in [-0.1, -0.05) is 39.0 Å². The molecule has 2 aliphatic heterocycles. The van der Waals surface area contributed by atoms with Crippen molar-refractivity contribution in [3.63, 3.8) is 0 Å². The minimum atomic E-state index is -4.19. The molecule has 1 aromatic heterocycles. The first-order valence-corrected chi connectivity index (χ1v) is 39.5. The number of benzene rings is 5. The zero-order chi connectivity index (χ0) is 80.7. The van der Waals surface area contributed by atoms with E-state index in [1.54, 1.807) is 63.1 Å². The van der Waals surface area contributed by atoms with Gasteiger partial charge in [0, 0.05) is 111 Å². The third kappa shape index (κ3) is 26.8. The smallest absolute Gasteiger partial charge is 0.319 e. The van der Waals surface area contributed by atoms with Crippen LogP contribution in [0.2, 0.25) is 0 Å². The number of anilines is 6. The Labute approximate surface area is 642 Å². The minimum Gasteiger partial charge on any atom is -0.493 e. The zero-order valence-corrected chi connectivity index (χ0v) is 64.5. The van der Waals surface area contributed by atoms with E-state index < -0.39 is 134 Å².